The standard InChI is InChI=1S/C24H25N5O6S2/c25-23(30)17-2-1-3-19(14-17)27-18-10-12-28(13-11-18)37(34,35)22-9-8-21(36-22)15-26-24(31)16-4-6-20(7-5-16)29(32)33/h1-9,14,18,27H,10-13,15H2,(H2,25,30)(H,26,31). The zero-order chi connectivity index (χ0) is 26.6. The number of nitrogens with one attached hydrogen (secondary N) is 2. The summed E-state index contributed by atoms with van der Waals surface area (Å²) in [5.41, 5.74) is 6.66. The van der Waals surface area contributed by atoms with Crippen molar-refractivity contribution in [2.24, 2.45) is 5.73 Å². The molecule has 0 unspecified atom stereocenters. The average Bonchev–Trinajstić information content (AvgIpc) is 3.38. The van der Waals surface area contributed by atoms with Crippen LogP contribution in [0.1, 0.15) is 38.4 Å². The van der Waals surface area contributed by atoms with E-state index in [1.165, 1.54) is 34.6 Å². The number of sulfonamides is 1. The lowest BCUT2D eigenvalue weighted by molar-refractivity contribution is -0.384. The number of carbonyl (C=O) groups excluding carboxylic acids is 2. The van der Waals surface area contributed by atoms with Gasteiger partial charge in [0.05, 0.1) is 11.5 Å². The lowest BCUT2D eigenvalue weighted by atomic mass is 10.1. The quantitative estimate of drug-likeness (QED) is 0.276. The summed E-state index contributed by atoms with van der Waals surface area (Å²) in [6, 6.07) is 15.4. The van der Waals surface area contributed by atoms with Crippen molar-refractivity contribution in [1.29, 1.82) is 0 Å². The van der Waals surface area contributed by atoms with Crippen molar-refractivity contribution in [2.45, 2.75) is 29.6 Å². The molecule has 0 atom stereocenters. The summed E-state index contributed by atoms with van der Waals surface area (Å²) in [6.07, 6.45) is 1.20. The number of hydrogen-bond donors (Lipinski definition) is 3. The molecule has 0 spiro atoms. The molecule has 37 heavy (non-hydrogen) atoms. The Kier molecular flexibility index (Phi) is 7.86. The van der Waals surface area contributed by atoms with E-state index in [1.807, 2.05) is 6.07 Å². The molecule has 2 heterocycles. The van der Waals surface area contributed by atoms with Gasteiger partial charge in [-0.05, 0) is 55.3 Å². The fourth-order valence-corrected chi connectivity index (χ4v) is 6.88. The van der Waals surface area contributed by atoms with Crippen molar-refractivity contribution in [3.8, 4) is 0 Å². The summed E-state index contributed by atoms with van der Waals surface area (Å²) >= 11 is 1.09. The number of nitrogens with zero attached hydrogens (tertiary/aromatic N) is 2. The van der Waals surface area contributed by atoms with E-state index in [1.54, 1.807) is 24.3 Å². The molecule has 2 aromatic carbocycles. The van der Waals surface area contributed by atoms with Crippen LogP contribution in [0, 0.1) is 10.1 Å². The van der Waals surface area contributed by atoms with Gasteiger partial charge >= 0.3 is 0 Å². The molecule has 0 saturated carbocycles. The molecule has 2 amide bonds. The molecule has 3 aromatic rings. The predicted molar refractivity (Wildman–Crippen MR) is 139 cm³/mol. The second-order valence-corrected chi connectivity index (χ2v) is 11.8. The van der Waals surface area contributed by atoms with E-state index in [0.717, 1.165) is 17.0 Å². The molecule has 11 nitrogen and oxygen atoms in total. The van der Waals surface area contributed by atoms with Gasteiger partial charge in [-0.3, -0.25) is 19.7 Å². The highest BCUT2D eigenvalue weighted by Gasteiger charge is 2.30. The lowest BCUT2D eigenvalue weighted by Gasteiger charge is -2.31. The molecule has 1 aliphatic rings. The van der Waals surface area contributed by atoms with E-state index < -0.39 is 26.8 Å². The smallest absolute Gasteiger partial charge is 0.269 e. The number of rotatable bonds is 9. The van der Waals surface area contributed by atoms with Crippen LogP contribution in [0.5, 0.6) is 0 Å². The van der Waals surface area contributed by atoms with Gasteiger partial charge in [0, 0.05) is 53.0 Å². The number of primary amides is 1. The Labute approximate surface area is 217 Å². The van der Waals surface area contributed by atoms with Crippen LogP contribution in [0.2, 0.25) is 0 Å². The average molecular weight is 544 g/mol. The van der Waals surface area contributed by atoms with Crippen LogP contribution in [0.15, 0.2) is 64.9 Å². The minimum Gasteiger partial charge on any atom is -0.382 e. The zero-order valence-corrected chi connectivity index (χ0v) is 21.3. The summed E-state index contributed by atoms with van der Waals surface area (Å²) in [4.78, 5) is 34.6. The molecule has 0 aliphatic carbocycles. The number of hydrogen-bond acceptors (Lipinski definition) is 8. The summed E-state index contributed by atoms with van der Waals surface area (Å²) in [6.45, 7) is 0.825. The number of nitro benzene ring substituents is 1. The number of nitrogens with two attached hydrogens (primary N) is 1. The maximum absolute atomic E-state index is 13.2. The topological polar surface area (TPSA) is 165 Å². The van der Waals surface area contributed by atoms with Crippen LogP contribution >= 0.6 is 11.3 Å². The molecule has 4 N–H and O–H groups in total. The molecule has 1 saturated heterocycles. The molecular formula is C24H25N5O6S2. The molecule has 1 aliphatic heterocycles. The maximum atomic E-state index is 13.2. The van der Waals surface area contributed by atoms with Gasteiger partial charge in [0.25, 0.3) is 21.6 Å². The minimum atomic E-state index is -3.67. The van der Waals surface area contributed by atoms with Crippen LogP contribution < -0.4 is 16.4 Å². The van der Waals surface area contributed by atoms with E-state index in [-0.39, 0.29) is 28.0 Å². The first-order valence-corrected chi connectivity index (χ1v) is 13.7. The van der Waals surface area contributed by atoms with Gasteiger partial charge in [-0.1, -0.05) is 6.07 Å². The Balaban J connectivity index is 1.31. The molecule has 1 fully saturated rings. The zero-order valence-electron chi connectivity index (χ0n) is 19.6. The van der Waals surface area contributed by atoms with Gasteiger partial charge in [-0.15, -0.1) is 11.3 Å². The van der Waals surface area contributed by atoms with Crippen molar-refractivity contribution in [1.82, 2.24) is 9.62 Å². The second-order valence-electron chi connectivity index (χ2n) is 8.48. The Morgan fingerprint density at radius 3 is 2.41 bits per heavy atom. The number of nitro groups is 1. The van der Waals surface area contributed by atoms with E-state index >= 15 is 0 Å². The highest BCUT2D eigenvalue weighted by Crippen LogP contribution is 2.28. The van der Waals surface area contributed by atoms with Crippen molar-refractivity contribution in [3.05, 3.63) is 86.8 Å². The van der Waals surface area contributed by atoms with Crippen molar-refractivity contribution in [3.63, 3.8) is 0 Å². The van der Waals surface area contributed by atoms with Gasteiger partial charge < -0.3 is 16.4 Å². The number of amides is 2. The van der Waals surface area contributed by atoms with E-state index in [9.17, 15) is 28.1 Å². The largest absolute Gasteiger partial charge is 0.382 e. The highest BCUT2D eigenvalue weighted by atomic mass is 32.2. The predicted octanol–water partition coefficient (Wildman–Crippen LogP) is 2.95. The van der Waals surface area contributed by atoms with Gasteiger partial charge in [-0.25, -0.2) is 8.42 Å². The first kappa shape index (κ1) is 26.3. The lowest BCUT2D eigenvalue weighted by Crippen LogP contribution is -2.42. The first-order valence-electron chi connectivity index (χ1n) is 11.4. The molecular weight excluding hydrogens is 518 g/mol. The number of piperidine rings is 1. The van der Waals surface area contributed by atoms with Crippen molar-refractivity contribution >= 4 is 44.5 Å². The number of benzene rings is 2. The van der Waals surface area contributed by atoms with E-state index in [0.29, 0.717) is 36.4 Å². The third-order valence-electron chi connectivity index (χ3n) is 5.97. The molecule has 4 rings (SSSR count). The Hall–Kier alpha value is -3.81. The van der Waals surface area contributed by atoms with Crippen LogP contribution in [-0.2, 0) is 16.6 Å². The SMILES string of the molecule is NC(=O)c1cccc(NC2CCN(S(=O)(=O)c3ccc(CNC(=O)c4ccc([N+](=O)[O-])cc4)s3)CC2)c1. The molecule has 194 valence electrons. The second kappa shape index (κ2) is 11.1. The Bertz CT molecular complexity index is 1410. The fourth-order valence-electron chi connectivity index (χ4n) is 3.96. The summed E-state index contributed by atoms with van der Waals surface area (Å²) < 4.78 is 28.0. The van der Waals surface area contributed by atoms with E-state index in [2.05, 4.69) is 10.6 Å². The fraction of sp³-hybridized carbons (Fsp3) is 0.250. The minimum absolute atomic E-state index is 0.0584. The molecule has 0 bridgehead atoms. The summed E-state index contributed by atoms with van der Waals surface area (Å²) in [5, 5.41) is 16.8. The number of anilines is 1. The van der Waals surface area contributed by atoms with Gasteiger partial charge in [0.2, 0.25) is 5.91 Å². The van der Waals surface area contributed by atoms with Crippen molar-refractivity contribution in [2.75, 3.05) is 18.4 Å². The van der Waals surface area contributed by atoms with Crippen molar-refractivity contribution < 1.29 is 22.9 Å². The normalized spacial score (nSPS) is 14.7. The van der Waals surface area contributed by atoms with Crippen LogP contribution in [0.4, 0.5) is 11.4 Å². The van der Waals surface area contributed by atoms with E-state index in [4.69, 9.17) is 5.73 Å². The van der Waals surface area contributed by atoms with Gasteiger partial charge in [0.15, 0.2) is 0 Å². The number of non-ortho nitro benzene ring substituents is 1. The Morgan fingerprint density at radius 1 is 1.05 bits per heavy atom. The monoisotopic (exact) mass is 543 g/mol. The third-order valence-corrected chi connectivity index (χ3v) is 9.42. The summed E-state index contributed by atoms with van der Waals surface area (Å²) in [5.74, 6) is -0.922. The van der Waals surface area contributed by atoms with Crippen LogP contribution in [0.25, 0.3) is 0 Å². The summed E-state index contributed by atoms with van der Waals surface area (Å²) in [7, 11) is -3.67. The Morgan fingerprint density at radius 2 is 1.76 bits per heavy atom. The molecule has 0 radical (unpaired) electrons. The number of carbonyl (C=O) groups is 2. The number of thiophene rings is 1. The van der Waals surface area contributed by atoms with Crippen LogP contribution in [0.3, 0.4) is 0 Å². The molecule has 13 heteroatoms. The maximum Gasteiger partial charge on any atom is 0.269 e. The first-order chi connectivity index (χ1) is 17.6. The van der Waals surface area contributed by atoms with Gasteiger partial charge in [0.1, 0.15) is 4.21 Å². The van der Waals surface area contributed by atoms with Crippen LogP contribution in [-0.4, -0.2) is 48.6 Å². The highest BCUT2D eigenvalue weighted by molar-refractivity contribution is 7.91. The van der Waals surface area contributed by atoms with Gasteiger partial charge in [-0.2, -0.15) is 4.31 Å². The molecule has 1 aromatic heterocycles. The third kappa shape index (κ3) is 6.31.